The number of piperidine rings is 1. The highest BCUT2D eigenvalue weighted by Gasteiger charge is 2.21. The van der Waals surface area contributed by atoms with Crippen LogP contribution in [-0.2, 0) is 0 Å². The van der Waals surface area contributed by atoms with E-state index >= 15 is 0 Å². The Morgan fingerprint density at radius 1 is 1.54 bits per heavy atom. The maximum Gasteiger partial charge on any atom is 0.407 e. The summed E-state index contributed by atoms with van der Waals surface area (Å²) in [6, 6.07) is 0. The van der Waals surface area contributed by atoms with Gasteiger partial charge in [-0.25, -0.2) is 4.79 Å². The number of nitrogens with zero attached hydrogens (tertiary/aromatic N) is 1. The number of nitrogens with two attached hydrogens (primary N) is 1. The first-order valence-corrected chi connectivity index (χ1v) is 4.65. The summed E-state index contributed by atoms with van der Waals surface area (Å²) in [6.07, 6.45) is 2.18. The summed E-state index contributed by atoms with van der Waals surface area (Å²) >= 11 is 0. The van der Waals surface area contributed by atoms with Gasteiger partial charge in [0.2, 0.25) is 0 Å². The Balaban J connectivity index is 2.18. The number of hydrogen-bond donors (Lipinski definition) is 3. The molecule has 0 spiro atoms. The monoisotopic (exact) mass is 187 g/mol. The Bertz CT molecular complexity index is 167. The molecule has 0 aromatic heterocycles. The molecule has 5 heteroatoms. The van der Waals surface area contributed by atoms with Crippen LogP contribution in [-0.4, -0.2) is 35.7 Å². The zero-order chi connectivity index (χ0) is 9.68. The number of likely N-dealkylation sites (tertiary alicyclic amines) is 1. The lowest BCUT2D eigenvalue weighted by Gasteiger charge is -2.29. The van der Waals surface area contributed by atoms with E-state index in [2.05, 4.69) is 5.43 Å². The predicted molar refractivity (Wildman–Crippen MR) is 49.1 cm³/mol. The Morgan fingerprint density at radius 2 is 2.15 bits per heavy atom. The molecule has 0 saturated carbocycles. The van der Waals surface area contributed by atoms with Crippen molar-refractivity contribution in [3.63, 3.8) is 0 Å². The molecule has 1 saturated heterocycles. The zero-order valence-electron chi connectivity index (χ0n) is 7.70. The van der Waals surface area contributed by atoms with E-state index in [-0.39, 0.29) is 0 Å². The first-order chi connectivity index (χ1) is 6.24. The van der Waals surface area contributed by atoms with Gasteiger partial charge >= 0.3 is 6.09 Å². The van der Waals surface area contributed by atoms with Crippen LogP contribution in [0.15, 0.2) is 0 Å². The number of carboxylic acid groups (broad SMARTS) is 1. The van der Waals surface area contributed by atoms with Crippen molar-refractivity contribution in [1.82, 2.24) is 10.3 Å². The van der Waals surface area contributed by atoms with Gasteiger partial charge in [0, 0.05) is 19.6 Å². The summed E-state index contributed by atoms with van der Waals surface area (Å²) in [6.45, 7) is 2.16. The maximum absolute atomic E-state index is 10.6. The van der Waals surface area contributed by atoms with Gasteiger partial charge in [0.1, 0.15) is 0 Å². The fraction of sp³-hybridized carbons (Fsp3) is 0.875. The van der Waals surface area contributed by atoms with Crippen LogP contribution in [0.5, 0.6) is 0 Å². The van der Waals surface area contributed by atoms with Crippen molar-refractivity contribution in [2.75, 3.05) is 19.6 Å². The fourth-order valence-electron chi connectivity index (χ4n) is 1.70. The number of hydrazine groups is 1. The van der Waals surface area contributed by atoms with Gasteiger partial charge in [0.05, 0.1) is 0 Å². The molecule has 0 aromatic rings. The van der Waals surface area contributed by atoms with Crippen LogP contribution in [0.1, 0.15) is 19.3 Å². The van der Waals surface area contributed by atoms with E-state index in [0.717, 1.165) is 25.8 Å². The topological polar surface area (TPSA) is 78.6 Å². The van der Waals surface area contributed by atoms with Crippen molar-refractivity contribution < 1.29 is 9.90 Å². The predicted octanol–water partition coefficient (Wildman–Crippen LogP) is 0.230. The summed E-state index contributed by atoms with van der Waals surface area (Å²) in [5, 5.41) is 8.69. The largest absolute Gasteiger partial charge is 0.465 e. The van der Waals surface area contributed by atoms with Gasteiger partial charge in [0.25, 0.3) is 0 Å². The van der Waals surface area contributed by atoms with Crippen LogP contribution in [0.25, 0.3) is 0 Å². The first kappa shape index (κ1) is 10.3. The number of rotatable bonds is 3. The van der Waals surface area contributed by atoms with Crippen molar-refractivity contribution in [2.24, 2.45) is 11.8 Å². The maximum atomic E-state index is 10.6. The van der Waals surface area contributed by atoms with Crippen LogP contribution in [0.3, 0.4) is 0 Å². The van der Waals surface area contributed by atoms with Gasteiger partial charge < -0.3 is 10.0 Å². The van der Waals surface area contributed by atoms with E-state index in [4.69, 9.17) is 10.9 Å². The van der Waals surface area contributed by atoms with E-state index in [1.807, 2.05) is 0 Å². The standard InChI is InChI=1S/C8H17N3O2/c9-10-4-1-7-2-5-11(6-3-7)8(12)13/h7,10H,1-6,9H2,(H,12,13). The van der Waals surface area contributed by atoms with Crippen LogP contribution >= 0.6 is 0 Å². The molecule has 0 unspecified atom stereocenters. The molecule has 5 nitrogen and oxygen atoms in total. The average molecular weight is 187 g/mol. The molecular weight excluding hydrogens is 170 g/mol. The molecule has 0 aromatic carbocycles. The minimum atomic E-state index is -0.796. The molecule has 76 valence electrons. The summed E-state index contributed by atoms with van der Waals surface area (Å²) in [4.78, 5) is 12.0. The van der Waals surface area contributed by atoms with Gasteiger partial charge in [-0.05, 0) is 25.2 Å². The molecule has 13 heavy (non-hydrogen) atoms. The van der Waals surface area contributed by atoms with Gasteiger partial charge in [-0.2, -0.15) is 0 Å². The second-order valence-corrected chi connectivity index (χ2v) is 3.46. The molecule has 1 rings (SSSR count). The van der Waals surface area contributed by atoms with E-state index < -0.39 is 6.09 Å². The quantitative estimate of drug-likeness (QED) is 0.436. The number of nitrogens with one attached hydrogen (secondary N) is 1. The number of hydrogen-bond acceptors (Lipinski definition) is 3. The van der Waals surface area contributed by atoms with Gasteiger partial charge in [-0.15, -0.1) is 0 Å². The molecule has 1 heterocycles. The lowest BCUT2D eigenvalue weighted by Crippen LogP contribution is -2.38. The lowest BCUT2D eigenvalue weighted by molar-refractivity contribution is 0.123. The average Bonchev–Trinajstić information content (AvgIpc) is 2.15. The first-order valence-electron chi connectivity index (χ1n) is 4.65. The van der Waals surface area contributed by atoms with Crippen molar-refractivity contribution in [2.45, 2.75) is 19.3 Å². The van der Waals surface area contributed by atoms with Crippen molar-refractivity contribution in [3.05, 3.63) is 0 Å². The second kappa shape index (κ2) is 5.04. The Labute approximate surface area is 77.9 Å². The van der Waals surface area contributed by atoms with Crippen LogP contribution in [0.4, 0.5) is 4.79 Å². The molecule has 0 atom stereocenters. The highest BCUT2D eigenvalue weighted by atomic mass is 16.4. The summed E-state index contributed by atoms with van der Waals surface area (Å²) in [5.74, 6) is 5.80. The smallest absolute Gasteiger partial charge is 0.407 e. The third kappa shape index (κ3) is 3.20. The SMILES string of the molecule is NNCCC1CCN(C(=O)O)CC1. The second-order valence-electron chi connectivity index (χ2n) is 3.46. The molecule has 1 aliphatic heterocycles. The molecule has 0 bridgehead atoms. The summed E-state index contributed by atoms with van der Waals surface area (Å²) < 4.78 is 0. The lowest BCUT2D eigenvalue weighted by atomic mass is 9.94. The summed E-state index contributed by atoms with van der Waals surface area (Å²) in [5.41, 5.74) is 2.62. The molecular formula is C8H17N3O2. The van der Waals surface area contributed by atoms with Crippen molar-refractivity contribution in [3.8, 4) is 0 Å². The van der Waals surface area contributed by atoms with Crippen LogP contribution in [0, 0.1) is 5.92 Å². The molecule has 1 fully saturated rings. The van der Waals surface area contributed by atoms with E-state index in [9.17, 15) is 4.79 Å². The third-order valence-electron chi connectivity index (χ3n) is 2.58. The minimum Gasteiger partial charge on any atom is -0.465 e. The Kier molecular flexibility index (Phi) is 3.98. The molecule has 0 aliphatic carbocycles. The summed E-state index contributed by atoms with van der Waals surface area (Å²) in [7, 11) is 0. The fourth-order valence-corrected chi connectivity index (χ4v) is 1.70. The number of amides is 1. The van der Waals surface area contributed by atoms with Crippen molar-refractivity contribution in [1.29, 1.82) is 0 Å². The normalized spacial score (nSPS) is 19.0. The Morgan fingerprint density at radius 3 is 2.62 bits per heavy atom. The van der Waals surface area contributed by atoms with Gasteiger partial charge in [-0.1, -0.05) is 0 Å². The highest BCUT2D eigenvalue weighted by molar-refractivity contribution is 5.64. The highest BCUT2D eigenvalue weighted by Crippen LogP contribution is 2.19. The molecule has 1 amide bonds. The van der Waals surface area contributed by atoms with Crippen LogP contribution < -0.4 is 11.3 Å². The molecule has 4 N–H and O–H groups in total. The van der Waals surface area contributed by atoms with Crippen LogP contribution in [0.2, 0.25) is 0 Å². The van der Waals surface area contributed by atoms with Gasteiger partial charge in [0.15, 0.2) is 0 Å². The van der Waals surface area contributed by atoms with Crippen molar-refractivity contribution >= 4 is 6.09 Å². The third-order valence-corrected chi connectivity index (χ3v) is 2.58. The Hall–Kier alpha value is -0.810. The van der Waals surface area contributed by atoms with E-state index in [1.54, 1.807) is 0 Å². The zero-order valence-corrected chi connectivity index (χ0v) is 7.70. The minimum absolute atomic E-state index is 0.631. The molecule has 0 radical (unpaired) electrons. The van der Waals surface area contributed by atoms with E-state index in [1.165, 1.54) is 4.90 Å². The number of carbonyl (C=O) groups is 1. The van der Waals surface area contributed by atoms with Gasteiger partial charge in [-0.3, -0.25) is 11.3 Å². The molecule has 1 aliphatic rings. The van der Waals surface area contributed by atoms with E-state index in [0.29, 0.717) is 19.0 Å².